The number of carbonyl (C=O) groups is 2. The molecule has 9 heteroatoms. The van der Waals surface area contributed by atoms with E-state index in [9.17, 15) is 30.0 Å². The van der Waals surface area contributed by atoms with Crippen molar-refractivity contribution in [3.8, 4) is 0 Å². The van der Waals surface area contributed by atoms with E-state index >= 15 is 0 Å². The van der Waals surface area contributed by atoms with Crippen molar-refractivity contribution >= 4 is 11.9 Å². The van der Waals surface area contributed by atoms with Crippen LogP contribution in [0, 0.1) is 10.8 Å². The molecule has 4 N–H and O–H groups in total. The van der Waals surface area contributed by atoms with Gasteiger partial charge in [-0.2, -0.15) is 0 Å². The molecule has 37 heavy (non-hydrogen) atoms. The molecule has 0 rings (SSSR count). The van der Waals surface area contributed by atoms with Crippen LogP contribution in [0.15, 0.2) is 0 Å². The molecule has 0 aliphatic rings. The molecule has 1 atom stereocenters. The predicted octanol–water partition coefficient (Wildman–Crippen LogP) is 3.53. The molecule has 0 aliphatic heterocycles. The molecule has 0 aromatic heterocycles. The van der Waals surface area contributed by atoms with E-state index in [0.717, 1.165) is 57.8 Å². The number of aliphatic hydroxyl groups excluding tert-OH is 4. The predicted molar refractivity (Wildman–Crippen MR) is 142 cm³/mol. The Labute approximate surface area is 223 Å². The Balaban J connectivity index is 4.86. The van der Waals surface area contributed by atoms with Gasteiger partial charge < -0.3 is 34.6 Å². The molecular formula is C28H54O9. The van der Waals surface area contributed by atoms with Crippen molar-refractivity contribution in [3.05, 3.63) is 0 Å². The molecular weight excluding hydrogens is 480 g/mol. The van der Waals surface area contributed by atoms with E-state index in [1.54, 1.807) is 0 Å². The first-order valence-corrected chi connectivity index (χ1v) is 14.2. The minimum Gasteiger partial charge on any atom is -0.465 e. The molecule has 0 aromatic rings. The minimum atomic E-state index is -1.25. The number of esters is 2. The molecule has 0 bridgehead atoms. The van der Waals surface area contributed by atoms with Crippen LogP contribution in [-0.2, 0) is 23.8 Å². The maximum Gasteiger partial charge on any atom is 0.305 e. The summed E-state index contributed by atoms with van der Waals surface area (Å²) in [5.41, 5.74) is -2.44. The summed E-state index contributed by atoms with van der Waals surface area (Å²) in [6.45, 7) is 1.61. The molecule has 9 nitrogen and oxygen atoms in total. The highest BCUT2D eigenvalue weighted by Crippen LogP contribution is 2.23. The number of hydrogen-bond acceptors (Lipinski definition) is 9. The van der Waals surface area contributed by atoms with Gasteiger partial charge in [0, 0.05) is 12.8 Å². The summed E-state index contributed by atoms with van der Waals surface area (Å²) in [6.07, 6.45) is 13.1. The molecule has 0 heterocycles. The molecule has 1 unspecified atom stereocenters. The monoisotopic (exact) mass is 534 g/mol. The molecule has 0 amide bonds. The summed E-state index contributed by atoms with van der Waals surface area (Å²) in [5.74, 6) is -0.775. The second-order valence-corrected chi connectivity index (χ2v) is 10.5. The van der Waals surface area contributed by atoms with Gasteiger partial charge in [0.25, 0.3) is 0 Å². The summed E-state index contributed by atoms with van der Waals surface area (Å²) in [7, 11) is 0. The first-order chi connectivity index (χ1) is 17.9. The van der Waals surface area contributed by atoms with E-state index in [4.69, 9.17) is 14.2 Å². The van der Waals surface area contributed by atoms with Crippen molar-refractivity contribution in [2.45, 2.75) is 104 Å². The van der Waals surface area contributed by atoms with Crippen molar-refractivity contribution in [2.24, 2.45) is 10.8 Å². The van der Waals surface area contributed by atoms with E-state index in [0.29, 0.717) is 0 Å². The summed E-state index contributed by atoms with van der Waals surface area (Å²) in [5, 5.41) is 38.8. The molecule has 0 saturated carbocycles. The zero-order valence-electron chi connectivity index (χ0n) is 23.4. The van der Waals surface area contributed by atoms with Crippen LogP contribution in [0.2, 0.25) is 0 Å². The Morgan fingerprint density at radius 3 is 1.24 bits per heavy atom. The normalized spacial score (nSPS) is 13.4. The number of ether oxygens (including phenoxy) is 3. The molecule has 0 aromatic carbocycles. The van der Waals surface area contributed by atoms with Crippen LogP contribution < -0.4 is 0 Å². The smallest absolute Gasteiger partial charge is 0.305 e. The highest BCUT2D eigenvalue weighted by atomic mass is 16.6. The summed E-state index contributed by atoms with van der Waals surface area (Å²) in [4.78, 5) is 24.6. The minimum absolute atomic E-state index is 0.153. The van der Waals surface area contributed by atoms with Crippen molar-refractivity contribution in [1.29, 1.82) is 0 Å². The lowest BCUT2D eigenvalue weighted by Gasteiger charge is -2.33. The topological polar surface area (TPSA) is 143 Å². The lowest BCUT2D eigenvalue weighted by Crippen LogP contribution is -2.45. The molecule has 0 aliphatic carbocycles. The highest BCUT2D eigenvalue weighted by molar-refractivity contribution is 5.69. The molecule has 0 radical (unpaired) electrons. The third-order valence-electron chi connectivity index (χ3n) is 6.71. The standard InChI is InChI=1S/C28H54O9/c1-3-5-7-9-10-12-14-16-26(34)37-24-28(20-32,22-35-21-27(17-29,18-30)19-31)23-36-25(33)15-13-11-8-6-4-2/h29-32H,3-24H2,1-2H3. The average Bonchev–Trinajstić information content (AvgIpc) is 2.92. The number of carbonyl (C=O) groups excluding carboxylic acids is 2. The van der Waals surface area contributed by atoms with Gasteiger partial charge in [-0.05, 0) is 12.8 Å². The first kappa shape index (κ1) is 35.7. The second kappa shape index (κ2) is 22.7. The van der Waals surface area contributed by atoms with E-state index in [2.05, 4.69) is 13.8 Å². The zero-order valence-corrected chi connectivity index (χ0v) is 23.4. The van der Waals surface area contributed by atoms with Crippen molar-refractivity contribution < 1.29 is 44.2 Å². The maximum absolute atomic E-state index is 12.3. The summed E-state index contributed by atoms with van der Waals surface area (Å²) < 4.78 is 16.5. The van der Waals surface area contributed by atoms with Gasteiger partial charge in [0.05, 0.1) is 50.5 Å². The second-order valence-electron chi connectivity index (χ2n) is 10.5. The van der Waals surface area contributed by atoms with Crippen molar-refractivity contribution in [3.63, 3.8) is 0 Å². The number of unbranched alkanes of at least 4 members (excludes halogenated alkanes) is 10. The summed E-state index contributed by atoms with van der Waals surface area (Å²) in [6, 6.07) is 0. The van der Waals surface area contributed by atoms with Crippen molar-refractivity contribution in [1.82, 2.24) is 0 Å². The Morgan fingerprint density at radius 1 is 0.514 bits per heavy atom. The van der Waals surface area contributed by atoms with Gasteiger partial charge in [0.1, 0.15) is 13.2 Å². The Morgan fingerprint density at radius 2 is 0.865 bits per heavy atom. The van der Waals surface area contributed by atoms with Gasteiger partial charge in [-0.25, -0.2) is 0 Å². The van der Waals surface area contributed by atoms with Crippen LogP contribution in [-0.4, -0.2) is 85.2 Å². The zero-order chi connectivity index (χ0) is 27.8. The van der Waals surface area contributed by atoms with Crippen LogP contribution >= 0.6 is 0 Å². The number of hydrogen-bond donors (Lipinski definition) is 4. The van der Waals surface area contributed by atoms with E-state index in [1.807, 2.05) is 0 Å². The van der Waals surface area contributed by atoms with E-state index < -0.39 is 37.3 Å². The van der Waals surface area contributed by atoms with Crippen LogP contribution in [0.3, 0.4) is 0 Å². The molecule has 0 fully saturated rings. The quantitative estimate of drug-likeness (QED) is 0.0968. The number of aliphatic hydroxyl groups is 4. The van der Waals surface area contributed by atoms with E-state index in [1.165, 1.54) is 19.3 Å². The van der Waals surface area contributed by atoms with Crippen molar-refractivity contribution in [2.75, 3.05) is 52.9 Å². The van der Waals surface area contributed by atoms with Crippen LogP contribution in [0.1, 0.15) is 104 Å². The third kappa shape index (κ3) is 17.0. The number of rotatable bonds is 26. The molecule has 220 valence electrons. The van der Waals surface area contributed by atoms with Crippen LogP contribution in [0.5, 0.6) is 0 Å². The summed E-state index contributed by atoms with van der Waals surface area (Å²) >= 11 is 0. The van der Waals surface area contributed by atoms with Gasteiger partial charge in [-0.15, -0.1) is 0 Å². The molecule has 0 saturated heterocycles. The average molecular weight is 535 g/mol. The highest BCUT2D eigenvalue weighted by Gasteiger charge is 2.36. The van der Waals surface area contributed by atoms with Gasteiger partial charge in [-0.1, -0.05) is 78.1 Å². The lowest BCUT2D eigenvalue weighted by molar-refractivity contribution is -0.163. The van der Waals surface area contributed by atoms with Crippen LogP contribution in [0.25, 0.3) is 0 Å². The lowest BCUT2D eigenvalue weighted by atomic mass is 9.90. The largest absolute Gasteiger partial charge is 0.465 e. The maximum atomic E-state index is 12.3. The SMILES string of the molecule is CCCCCCCCCC(=O)OCC(CO)(COCC(CO)(CO)CO)COC(=O)CCCCCCC. The van der Waals surface area contributed by atoms with Gasteiger partial charge in [-0.3, -0.25) is 9.59 Å². The Bertz CT molecular complexity index is 558. The van der Waals surface area contributed by atoms with Gasteiger partial charge in [0.2, 0.25) is 0 Å². The molecule has 0 spiro atoms. The fourth-order valence-electron chi connectivity index (χ4n) is 3.74. The third-order valence-corrected chi connectivity index (χ3v) is 6.71. The Kier molecular flexibility index (Phi) is 21.9. The van der Waals surface area contributed by atoms with Gasteiger partial charge >= 0.3 is 11.9 Å². The first-order valence-electron chi connectivity index (χ1n) is 14.2. The Hall–Kier alpha value is -1.26. The fourth-order valence-corrected chi connectivity index (χ4v) is 3.74. The van der Waals surface area contributed by atoms with Crippen LogP contribution in [0.4, 0.5) is 0 Å². The van der Waals surface area contributed by atoms with Gasteiger partial charge in [0.15, 0.2) is 0 Å². The van der Waals surface area contributed by atoms with E-state index in [-0.39, 0.29) is 51.2 Å². The fraction of sp³-hybridized carbons (Fsp3) is 0.929.